The Bertz CT molecular complexity index is 550. The van der Waals surface area contributed by atoms with Crippen molar-refractivity contribution in [1.29, 1.82) is 0 Å². The highest BCUT2D eigenvalue weighted by Gasteiger charge is 2.62. The smallest absolute Gasteiger partial charge is 0.448 e. The van der Waals surface area contributed by atoms with Gasteiger partial charge in [0.2, 0.25) is 0 Å². The zero-order chi connectivity index (χ0) is 16.3. The molecule has 1 rings (SSSR count). The molecule has 0 radical (unpaired) electrons. The number of esters is 1. The quantitative estimate of drug-likeness (QED) is 0.655. The van der Waals surface area contributed by atoms with Crippen molar-refractivity contribution in [1.82, 2.24) is 5.32 Å². The molecular weight excluding hydrogens is 315 g/mol. The summed E-state index contributed by atoms with van der Waals surface area (Å²) in [6.07, 6.45) is -5.45. The number of alkyl halides is 3. The molecule has 21 heavy (non-hydrogen) atoms. The van der Waals surface area contributed by atoms with Crippen molar-refractivity contribution in [3.05, 3.63) is 34.9 Å². The fraction of sp³-hybridized carbons (Fsp3) is 0.333. The number of hydrogen-bond acceptors (Lipinski definition) is 4. The standard InChI is InChI=1S/C12H11ClF3NO4/c1-2-21-10(19)11(20,12(14,15)16)17-9(18)7-4-3-5-8(13)6-7/h3-6,20H,2H2,1H3,(H,17,18)/t11-/m0/s1. The molecular formula is C12H11ClF3NO4. The molecule has 0 saturated heterocycles. The molecule has 1 aromatic rings. The number of nitrogens with one attached hydrogen (secondary N) is 1. The summed E-state index contributed by atoms with van der Waals surface area (Å²) >= 11 is 5.61. The van der Waals surface area contributed by atoms with Gasteiger partial charge in [0.15, 0.2) is 0 Å². The van der Waals surface area contributed by atoms with Crippen molar-refractivity contribution >= 4 is 23.5 Å². The van der Waals surface area contributed by atoms with E-state index in [4.69, 9.17) is 11.6 Å². The van der Waals surface area contributed by atoms with Crippen LogP contribution in [0.15, 0.2) is 24.3 Å². The summed E-state index contributed by atoms with van der Waals surface area (Å²) in [4.78, 5) is 23.0. The topological polar surface area (TPSA) is 75.6 Å². The van der Waals surface area contributed by atoms with E-state index in [-0.39, 0.29) is 10.6 Å². The third kappa shape index (κ3) is 3.85. The van der Waals surface area contributed by atoms with E-state index < -0.39 is 30.4 Å². The maximum absolute atomic E-state index is 12.8. The molecule has 0 saturated carbocycles. The van der Waals surface area contributed by atoms with Crippen LogP contribution < -0.4 is 5.32 Å². The van der Waals surface area contributed by atoms with Gasteiger partial charge in [-0.2, -0.15) is 13.2 Å². The maximum atomic E-state index is 12.8. The van der Waals surface area contributed by atoms with Crippen molar-refractivity contribution < 1.29 is 32.6 Å². The van der Waals surface area contributed by atoms with Crippen molar-refractivity contribution in [2.75, 3.05) is 6.61 Å². The molecule has 0 aliphatic rings. The number of hydrogen-bond donors (Lipinski definition) is 2. The van der Waals surface area contributed by atoms with Crippen molar-refractivity contribution in [2.24, 2.45) is 0 Å². The van der Waals surface area contributed by atoms with Gasteiger partial charge in [0.1, 0.15) is 0 Å². The molecule has 0 unspecified atom stereocenters. The Morgan fingerprint density at radius 3 is 2.48 bits per heavy atom. The summed E-state index contributed by atoms with van der Waals surface area (Å²) in [7, 11) is 0. The fourth-order valence-electron chi connectivity index (χ4n) is 1.34. The first-order valence-corrected chi connectivity index (χ1v) is 6.04. The van der Waals surface area contributed by atoms with Crippen LogP contribution in [0.5, 0.6) is 0 Å². The summed E-state index contributed by atoms with van der Waals surface area (Å²) in [5.74, 6) is -3.35. The Kier molecular flexibility index (Phi) is 5.19. The van der Waals surface area contributed by atoms with Crippen LogP contribution in [0.4, 0.5) is 13.2 Å². The Morgan fingerprint density at radius 1 is 1.38 bits per heavy atom. The van der Waals surface area contributed by atoms with Crippen LogP contribution in [-0.2, 0) is 9.53 Å². The number of carbonyl (C=O) groups excluding carboxylic acids is 2. The van der Waals surface area contributed by atoms with Gasteiger partial charge in [-0.15, -0.1) is 0 Å². The van der Waals surface area contributed by atoms with Gasteiger partial charge in [-0.05, 0) is 25.1 Å². The van der Waals surface area contributed by atoms with Crippen molar-refractivity contribution in [2.45, 2.75) is 18.8 Å². The van der Waals surface area contributed by atoms with Crippen LogP contribution in [0, 0.1) is 0 Å². The lowest BCUT2D eigenvalue weighted by molar-refractivity contribution is -0.269. The van der Waals surface area contributed by atoms with Crippen LogP contribution in [0.2, 0.25) is 5.02 Å². The average Bonchev–Trinajstić information content (AvgIpc) is 2.37. The molecule has 0 fully saturated rings. The minimum atomic E-state index is -5.45. The lowest BCUT2D eigenvalue weighted by Gasteiger charge is -2.28. The van der Waals surface area contributed by atoms with Gasteiger partial charge in [0, 0.05) is 10.6 Å². The lowest BCUT2D eigenvalue weighted by atomic mass is 10.1. The van der Waals surface area contributed by atoms with E-state index in [0.29, 0.717) is 0 Å². The minimum absolute atomic E-state index is 0.106. The third-order valence-electron chi connectivity index (χ3n) is 2.36. The molecule has 0 bridgehead atoms. The summed E-state index contributed by atoms with van der Waals surface area (Å²) in [6.45, 7) is 0.859. The molecule has 0 spiro atoms. The Hall–Kier alpha value is -1.80. The van der Waals surface area contributed by atoms with Crippen LogP contribution in [0.3, 0.4) is 0 Å². The molecule has 116 valence electrons. The summed E-state index contributed by atoms with van der Waals surface area (Å²) in [5, 5.41) is 10.8. The monoisotopic (exact) mass is 325 g/mol. The Labute approximate surface area is 122 Å². The molecule has 0 aliphatic heterocycles. The SMILES string of the molecule is CCOC(=O)[C@@](O)(NC(=O)c1cccc(Cl)c1)C(F)(F)F. The summed E-state index contributed by atoms with van der Waals surface area (Å²) in [6, 6.07) is 4.98. The number of rotatable bonds is 4. The molecule has 1 atom stereocenters. The summed E-state index contributed by atoms with van der Waals surface area (Å²) in [5.41, 5.74) is -4.39. The third-order valence-corrected chi connectivity index (χ3v) is 2.60. The zero-order valence-electron chi connectivity index (χ0n) is 10.7. The second kappa shape index (κ2) is 6.31. The number of benzene rings is 1. The number of ether oxygens (including phenoxy) is 1. The highest BCUT2D eigenvalue weighted by atomic mass is 35.5. The molecule has 9 heteroatoms. The van der Waals surface area contributed by atoms with Crippen LogP contribution in [0.1, 0.15) is 17.3 Å². The largest absolute Gasteiger partial charge is 0.462 e. The molecule has 1 aromatic carbocycles. The Morgan fingerprint density at radius 2 is 2.00 bits per heavy atom. The van der Waals surface area contributed by atoms with Crippen LogP contribution in [0.25, 0.3) is 0 Å². The zero-order valence-corrected chi connectivity index (χ0v) is 11.5. The molecule has 2 N–H and O–H groups in total. The molecule has 0 aromatic heterocycles. The second-order valence-corrected chi connectivity index (χ2v) is 4.33. The van der Waals surface area contributed by atoms with Crippen LogP contribution >= 0.6 is 11.6 Å². The van der Waals surface area contributed by atoms with E-state index in [9.17, 15) is 27.9 Å². The molecule has 0 aliphatic carbocycles. The van der Waals surface area contributed by atoms with E-state index in [1.54, 1.807) is 0 Å². The van der Waals surface area contributed by atoms with E-state index in [1.165, 1.54) is 30.4 Å². The van der Waals surface area contributed by atoms with Crippen molar-refractivity contribution in [3.8, 4) is 0 Å². The van der Waals surface area contributed by atoms with Gasteiger partial charge in [-0.3, -0.25) is 4.79 Å². The molecule has 0 heterocycles. The second-order valence-electron chi connectivity index (χ2n) is 3.89. The van der Waals surface area contributed by atoms with Gasteiger partial charge in [0.05, 0.1) is 6.61 Å². The van der Waals surface area contributed by atoms with E-state index in [2.05, 4.69) is 4.74 Å². The van der Waals surface area contributed by atoms with Gasteiger partial charge in [-0.1, -0.05) is 17.7 Å². The predicted octanol–water partition coefficient (Wildman–Crippen LogP) is 1.88. The van der Waals surface area contributed by atoms with Crippen molar-refractivity contribution in [3.63, 3.8) is 0 Å². The molecule has 1 amide bonds. The first-order valence-electron chi connectivity index (χ1n) is 5.66. The van der Waals surface area contributed by atoms with Gasteiger partial charge < -0.3 is 15.2 Å². The van der Waals surface area contributed by atoms with E-state index in [0.717, 1.165) is 6.07 Å². The maximum Gasteiger partial charge on any atom is 0.448 e. The minimum Gasteiger partial charge on any atom is -0.462 e. The highest BCUT2D eigenvalue weighted by molar-refractivity contribution is 6.31. The first-order chi connectivity index (χ1) is 9.61. The first kappa shape index (κ1) is 17.3. The number of aliphatic hydroxyl groups is 1. The normalized spacial score (nSPS) is 14.2. The predicted molar refractivity (Wildman–Crippen MR) is 66.6 cm³/mol. The van der Waals surface area contributed by atoms with Crippen LogP contribution in [-0.4, -0.2) is 35.5 Å². The molecule has 5 nitrogen and oxygen atoms in total. The number of carbonyl (C=O) groups is 2. The summed E-state index contributed by atoms with van der Waals surface area (Å²) < 4.78 is 42.7. The Balaban J connectivity index is 3.08. The van der Waals surface area contributed by atoms with E-state index >= 15 is 0 Å². The average molecular weight is 326 g/mol. The van der Waals surface area contributed by atoms with E-state index in [1.807, 2.05) is 0 Å². The number of halogens is 4. The van der Waals surface area contributed by atoms with Gasteiger partial charge in [-0.25, -0.2) is 4.79 Å². The lowest BCUT2D eigenvalue weighted by Crippen LogP contribution is -2.64. The van der Waals surface area contributed by atoms with Gasteiger partial charge >= 0.3 is 17.9 Å². The highest BCUT2D eigenvalue weighted by Crippen LogP contribution is 2.30. The van der Waals surface area contributed by atoms with Gasteiger partial charge in [0.25, 0.3) is 5.91 Å². The fourth-order valence-corrected chi connectivity index (χ4v) is 1.53. The number of amides is 1.